The van der Waals surface area contributed by atoms with Gasteiger partial charge in [0.25, 0.3) is 0 Å². The van der Waals surface area contributed by atoms with Crippen LogP contribution in [-0.4, -0.2) is 21.4 Å². The highest BCUT2D eigenvalue weighted by Gasteiger charge is 2.04. The Hall–Kier alpha value is -2.17. The monoisotopic (exact) mass is 190 g/mol. The van der Waals surface area contributed by atoms with Gasteiger partial charge < -0.3 is 9.63 Å². The first-order valence-electron chi connectivity index (χ1n) is 3.88. The molecule has 5 nitrogen and oxygen atoms in total. The molecule has 70 valence electrons. The molecule has 0 radical (unpaired) electrons. The Labute approximate surface area is 79.0 Å². The maximum atomic E-state index is 10.6. The largest absolute Gasteiger partial charge is 0.478 e. The van der Waals surface area contributed by atoms with E-state index >= 15 is 0 Å². The first-order chi connectivity index (χ1) is 6.77. The predicted octanol–water partition coefficient (Wildman–Crippen LogP) is 1.43. The SMILES string of the molecule is O=C(O)c1ccc(-c2conn2)cc1. The van der Waals surface area contributed by atoms with Gasteiger partial charge >= 0.3 is 5.97 Å². The number of carboxylic acids is 1. The van der Waals surface area contributed by atoms with Crippen LogP contribution in [-0.2, 0) is 0 Å². The van der Waals surface area contributed by atoms with Gasteiger partial charge in [0.1, 0.15) is 5.69 Å². The quantitative estimate of drug-likeness (QED) is 0.775. The number of hydrogen-bond donors (Lipinski definition) is 1. The molecule has 0 unspecified atom stereocenters. The molecular formula is C9H6N2O3. The lowest BCUT2D eigenvalue weighted by atomic mass is 10.1. The van der Waals surface area contributed by atoms with Gasteiger partial charge in [-0.2, -0.15) is 0 Å². The number of aromatic nitrogens is 2. The van der Waals surface area contributed by atoms with Gasteiger partial charge in [0.2, 0.25) is 0 Å². The molecule has 2 aromatic rings. The molecule has 0 aliphatic heterocycles. The highest BCUT2D eigenvalue weighted by Crippen LogP contribution is 2.16. The predicted molar refractivity (Wildman–Crippen MR) is 46.7 cm³/mol. The molecule has 0 fully saturated rings. The molecule has 5 heteroatoms. The summed E-state index contributed by atoms with van der Waals surface area (Å²) in [7, 11) is 0. The van der Waals surface area contributed by atoms with Crippen LogP contribution in [0.1, 0.15) is 10.4 Å². The van der Waals surface area contributed by atoms with E-state index in [1.54, 1.807) is 12.1 Å². The summed E-state index contributed by atoms with van der Waals surface area (Å²) in [6.45, 7) is 0. The molecule has 0 bridgehead atoms. The number of rotatable bonds is 2. The maximum Gasteiger partial charge on any atom is 0.335 e. The standard InChI is InChI=1S/C9H6N2O3/c12-9(13)7-3-1-6(2-4-7)8-5-14-11-10-8/h1-5H,(H,12,13). The van der Waals surface area contributed by atoms with E-state index in [1.165, 1.54) is 18.4 Å². The summed E-state index contributed by atoms with van der Waals surface area (Å²) in [5.41, 5.74) is 1.60. The van der Waals surface area contributed by atoms with Crippen LogP contribution in [0.2, 0.25) is 0 Å². The van der Waals surface area contributed by atoms with Crippen molar-refractivity contribution in [1.29, 1.82) is 0 Å². The summed E-state index contributed by atoms with van der Waals surface area (Å²) >= 11 is 0. The van der Waals surface area contributed by atoms with Crippen molar-refractivity contribution in [1.82, 2.24) is 10.4 Å². The molecule has 1 aromatic carbocycles. The molecule has 0 aliphatic carbocycles. The van der Waals surface area contributed by atoms with E-state index in [1.807, 2.05) is 0 Å². The van der Waals surface area contributed by atoms with E-state index in [2.05, 4.69) is 14.9 Å². The van der Waals surface area contributed by atoms with Crippen LogP contribution in [0.5, 0.6) is 0 Å². The highest BCUT2D eigenvalue weighted by atomic mass is 16.5. The zero-order chi connectivity index (χ0) is 9.97. The van der Waals surface area contributed by atoms with Crippen molar-refractivity contribution >= 4 is 5.97 Å². The minimum atomic E-state index is -0.949. The number of benzene rings is 1. The zero-order valence-electron chi connectivity index (χ0n) is 7.04. The minimum Gasteiger partial charge on any atom is -0.478 e. The van der Waals surface area contributed by atoms with Crippen molar-refractivity contribution in [2.75, 3.05) is 0 Å². The van der Waals surface area contributed by atoms with E-state index in [-0.39, 0.29) is 5.56 Å². The minimum absolute atomic E-state index is 0.241. The van der Waals surface area contributed by atoms with Crippen LogP contribution in [0.15, 0.2) is 35.1 Å². The van der Waals surface area contributed by atoms with E-state index in [9.17, 15) is 4.79 Å². The van der Waals surface area contributed by atoms with Crippen LogP contribution in [0.3, 0.4) is 0 Å². The first kappa shape index (κ1) is 8.43. The molecule has 1 N–H and O–H groups in total. The third kappa shape index (κ3) is 1.47. The summed E-state index contributed by atoms with van der Waals surface area (Å²) < 4.78 is 4.57. The molecule has 0 saturated heterocycles. The Kier molecular flexibility index (Phi) is 1.98. The number of nitrogens with zero attached hydrogens (tertiary/aromatic N) is 2. The zero-order valence-corrected chi connectivity index (χ0v) is 7.04. The average Bonchev–Trinajstić information content (AvgIpc) is 2.71. The Morgan fingerprint density at radius 2 is 2.00 bits per heavy atom. The fraction of sp³-hybridized carbons (Fsp3) is 0. The number of hydrogen-bond acceptors (Lipinski definition) is 4. The lowest BCUT2D eigenvalue weighted by Crippen LogP contribution is -1.94. The molecule has 2 rings (SSSR count). The summed E-state index contributed by atoms with van der Waals surface area (Å²) in [4.78, 5) is 10.6. The van der Waals surface area contributed by atoms with Crippen molar-refractivity contribution in [2.45, 2.75) is 0 Å². The van der Waals surface area contributed by atoms with Crippen molar-refractivity contribution in [2.24, 2.45) is 0 Å². The van der Waals surface area contributed by atoms with Gasteiger partial charge in [0.05, 0.1) is 5.56 Å². The van der Waals surface area contributed by atoms with Gasteiger partial charge in [-0.15, -0.1) is 5.10 Å². The Bertz CT molecular complexity index is 434. The van der Waals surface area contributed by atoms with Gasteiger partial charge in [0.15, 0.2) is 6.26 Å². The first-order valence-corrected chi connectivity index (χ1v) is 3.88. The van der Waals surface area contributed by atoms with E-state index in [4.69, 9.17) is 5.11 Å². The fourth-order valence-corrected chi connectivity index (χ4v) is 1.07. The molecule has 0 aliphatic rings. The van der Waals surface area contributed by atoms with E-state index < -0.39 is 5.97 Å². The summed E-state index contributed by atoms with van der Waals surface area (Å²) in [6.07, 6.45) is 1.40. The van der Waals surface area contributed by atoms with Gasteiger partial charge in [-0.05, 0) is 12.1 Å². The summed E-state index contributed by atoms with van der Waals surface area (Å²) in [5.74, 6) is -0.949. The highest BCUT2D eigenvalue weighted by molar-refractivity contribution is 5.88. The lowest BCUT2D eigenvalue weighted by Gasteiger charge is -1.95. The van der Waals surface area contributed by atoms with Crippen molar-refractivity contribution in [3.63, 3.8) is 0 Å². The van der Waals surface area contributed by atoms with Crippen molar-refractivity contribution in [3.8, 4) is 11.3 Å². The smallest absolute Gasteiger partial charge is 0.335 e. The maximum absolute atomic E-state index is 10.6. The normalized spacial score (nSPS) is 10.0. The fourth-order valence-electron chi connectivity index (χ4n) is 1.07. The molecular weight excluding hydrogens is 184 g/mol. The average molecular weight is 190 g/mol. The molecule has 0 amide bonds. The molecule has 1 heterocycles. The summed E-state index contributed by atoms with van der Waals surface area (Å²) in [5, 5.41) is 15.7. The molecule has 0 atom stereocenters. The second kappa shape index (κ2) is 3.29. The van der Waals surface area contributed by atoms with Crippen LogP contribution < -0.4 is 0 Å². The molecule has 0 saturated carbocycles. The molecule has 14 heavy (non-hydrogen) atoms. The van der Waals surface area contributed by atoms with Crippen molar-refractivity contribution < 1.29 is 14.4 Å². The third-order valence-electron chi connectivity index (χ3n) is 1.79. The van der Waals surface area contributed by atoms with Gasteiger partial charge in [-0.1, -0.05) is 12.1 Å². The van der Waals surface area contributed by atoms with E-state index in [0.29, 0.717) is 5.69 Å². The van der Waals surface area contributed by atoms with Crippen LogP contribution in [0.4, 0.5) is 0 Å². The van der Waals surface area contributed by atoms with Gasteiger partial charge in [0, 0.05) is 10.8 Å². The Balaban J connectivity index is 2.36. The third-order valence-corrected chi connectivity index (χ3v) is 1.79. The topological polar surface area (TPSA) is 76.2 Å². The van der Waals surface area contributed by atoms with E-state index in [0.717, 1.165) is 5.56 Å². The molecule has 1 aromatic heterocycles. The molecule has 0 spiro atoms. The van der Waals surface area contributed by atoms with Crippen molar-refractivity contribution in [3.05, 3.63) is 36.1 Å². The van der Waals surface area contributed by atoms with Crippen LogP contribution in [0, 0.1) is 0 Å². The number of carbonyl (C=O) groups is 1. The van der Waals surface area contributed by atoms with Gasteiger partial charge in [-0.25, -0.2) is 4.79 Å². The van der Waals surface area contributed by atoms with Crippen LogP contribution >= 0.6 is 0 Å². The Morgan fingerprint density at radius 3 is 2.50 bits per heavy atom. The number of carboxylic acid groups (broad SMARTS) is 1. The lowest BCUT2D eigenvalue weighted by molar-refractivity contribution is 0.0697. The summed E-state index contributed by atoms with van der Waals surface area (Å²) in [6, 6.07) is 6.32. The second-order valence-electron chi connectivity index (χ2n) is 2.67. The Morgan fingerprint density at radius 1 is 1.29 bits per heavy atom. The second-order valence-corrected chi connectivity index (χ2v) is 2.67. The van der Waals surface area contributed by atoms with Gasteiger partial charge in [-0.3, -0.25) is 0 Å². The number of aromatic carboxylic acids is 1. The van der Waals surface area contributed by atoms with Crippen LogP contribution in [0.25, 0.3) is 11.3 Å².